The highest BCUT2D eigenvalue weighted by Crippen LogP contribution is 2.28. The molecule has 2 aromatic heterocycles. The van der Waals surface area contributed by atoms with Crippen LogP contribution in [-0.4, -0.2) is 31.8 Å². The SMILES string of the molecule is COc1ccc(N(CC(=O)c2cc(C)sc2C)CC(=O)c2cc(Cl)sc2C)cc1. The van der Waals surface area contributed by atoms with Crippen molar-refractivity contribution in [1.29, 1.82) is 0 Å². The summed E-state index contributed by atoms with van der Waals surface area (Å²) in [5.74, 6) is 0.652. The van der Waals surface area contributed by atoms with Gasteiger partial charge in [0.15, 0.2) is 11.6 Å². The van der Waals surface area contributed by atoms with Crippen molar-refractivity contribution in [1.82, 2.24) is 0 Å². The van der Waals surface area contributed by atoms with Gasteiger partial charge in [-0.1, -0.05) is 11.6 Å². The van der Waals surface area contributed by atoms with Gasteiger partial charge in [0.05, 0.1) is 24.5 Å². The molecule has 1 aromatic carbocycles. The molecule has 3 rings (SSSR count). The Morgan fingerprint density at radius 3 is 1.93 bits per heavy atom. The standard InChI is InChI=1S/C22H22ClNO3S2/c1-13-9-18(14(2)28-13)20(25)11-24(16-5-7-17(27-4)8-6-16)12-21(26)19-10-22(23)29-15(19)3/h5-10H,11-12H2,1-4H3. The Balaban J connectivity index is 1.88. The lowest BCUT2D eigenvalue weighted by molar-refractivity contribution is 0.0984. The molecular weight excluding hydrogens is 426 g/mol. The zero-order chi connectivity index (χ0) is 21.1. The summed E-state index contributed by atoms with van der Waals surface area (Å²) in [5.41, 5.74) is 2.11. The van der Waals surface area contributed by atoms with Crippen molar-refractivity contribution in [2.75, 3.05) is 25.1 Å². The van der Waals surface area contributed by atoms with Crippen LogP contribution in [0.2, 0.25) is 4.34 Å². The van der Waals surface area contributed by atoms with E-state index in [1.165, 1.54) is 11.3 Å². The number of halogens is 1. The van der Waals surface area contributed by atoms with Crippen molar-refractivity contribution in [3.63, 3.8) is 0 Å². The van der Waals surface area contributed by atoms with Gasteiger partial charge in [0, 0.05) is 31.4 Å². The predicted octanol–water partition coefficient (Wildman–Crippen LogP) is 5.97. The van der Waals surface area contributed by atoms with Crippen molar-refractivity contribution >= 4 is 51.5 Å². The van der Waals surface area contributed by atoms with Gasteiger partial charge in [0.25, 0.3) is 0 Å². The van der Waals surface area contributed by atoms with Gasteiger partial charge >= 0.3 is 0 Å². The Hall–Kier alpha value is -2.15. The van der Waals surface area contributed by atoms with Gasteiger partial charge < -0.3 is 9.64 Å². The van der Waals surface area contributed by atoms with E-state index in [9.17, 15) is 9.59 Å². The molecule has 29 heavy (non-hydrogen) atoms. The van der Waals surface area contributed by atoms with Crippen LogP contribution >= 0.6 is 34.3 Å². The number of ether oxygens (including phenoxy) is 1. The van der Waals surface area contributed by atoms with E-state index in [4.69, 9.17) is 16.3 Å². The van der Waals surface area contributed by atoms with E-state index < -0.39 is 0 Å². The Morgan fingerprint density at radius 2 is 1.48 bits per heavy atom. The third kappa shape index (κ3) is 5.07. The van der Waals surface area contributed by atoms with Crippen LogP contribution in [0.3, 0.4) is 0 Å². The van der Waals surface area contributed by atoms with Crippen molar-refractivity contribution in [2.24, 2.45) is 0 Å². The molecule has 0 saturated heterocycles. The number of hydrogen-bond acceptors (Lipinski definition) is 6. The number of aryl methyl sites for hydroxylation is 3. The third-order valence-electron chi connectivity index (χ3n) is 4.64. The number of anilines is 1. The summed E-state index contributed by atoms with van der Waals surface area (Å²) in [6.07, 6.45) is 0. The highest BCUT2D eigenvalue weighted by molar-refractivity contribution is 7.16. The average molecular weight is 448 g/mol. The van der Waals surface area contributed by atoms with Gasteiger partial charge in [-0.05, 0) is 57.2 Å². The second kappa shape index (κ2) is 9.11. The summed E-state index contributed by atoms with van der Waals surface area (Å²) in [7, 11) is 1.60. The van der Waals surface area contributed by atoms with Crippen molar-refractivity contribution < 1.29 is 14.3 Å². The fourth-order valence-corrected chi connectivity index (χ4v) is 5.33. The van der Waals surface area contributed by atoms with E-state index in [-0.39, 0.29) is 24.7 Å². The number of benzene rings is 1. The second-order valence-corrected chi connectivity index (χ2v) is 10.1. The minimum absolute atomic E-state index is 0.00413. The molecule has 7 heteroatoms. The number of hydrogen-bond donors (Lipinski definition) is 0. The number of thiophene rings is 2. The number of carbonyl (C=O) groups is 2. The normalized spacial score (nSPS) is 10.8. The topological polar surface area (TPSA) is 46.6 Å². The number of rotatable bonds is 8. The lowest BCUT2D eigenvalue weighted by Crippen LogP contribution is -2.35. The molecule has 0 N–H and O–H groups in total. The van der Waals surface area contributed by atoms with Crippen LogP contribution in [0.15, 0.2) is 36.4 Å². The number of nitrogens with zero attached hydrogens (tertiary/aromatic N) is 1. The average Bonchev–Trinajstić information content (AvgIpc) is 3.21. The predicted molar refractivity (Wildman–Crippen MR) is 122 cm³/mol. The summed E-state index contributed by atoms with van der Waals surface area (Å²) in [6.45, 7) is 6.02. The van der Waals surface area contributed by atoms with Gasteiger partial charge in [-0.3, -0.25) is 9.59 Å². The molecule has 0 spiro atoms. The molecule has 0 atom stereocenters. The summed E-state index contributed by atoms with van der Waals surface area (Å²) < 4.78 is 5.81. The summed E-state index contributed by atoms with van der Waals surface area (Å²) in [4.78, 5) is 30.7. The number of methoxy groups -OCH3 is 1. The zero-order valence-electron chi connectivity index (χ0n) is 16.7. The molecule has 0 amide bonds. The van der Waals surface area contributed by atoms with E-state index >= 15 is 0 Å². The van der Waals surface area contributed by atoms with Gasteiger partial charge in [0.1, 0.15) is 5.75 Å². The maximum atomic E-state index is 13.0. The second-order valence-electron chi connectivity index (χ2n) is 6.75. The molecule has 0 bridgehead atoms. The summed E-state index contributed by atoms with van der Waals surface area (Å²) in [5, 5.41) is 0. The van der Waals surface area contributed by atoms with E-state index in [0.29, 0.717) is 15.5 Å². The quantitative estimate of drug-likeness (QED) is 0.399. The fraction of sp³-hybridized carbons (Fsp3) is 0.273. The van der Waals surface area contributed by atoms with Crippen LogP contribution in [0.1, 0.15) is 35.3 Å². The number of ketones is 2. The Morgan fingerprint density at radius 1 is 0.931 bits per heavy atom. The molecule has 2 heterocycles. The van der Waals surface area contributed by atoms with Crippen molar-refractivity contribution in [3.8, 4) is 5.75 Å². The highest BCUT2D eigenvalue weighted by Gasteiger charge is 2.21. The van der Waals surface area contributed by atoms with Gasteiger partial charge in [-0.2, -0.15) is 0 Å². The van der Waals surface area contributed by atoms with Crippen LogP contribution < -0.4 is 9.64 Å². The van der Waals surface area contributed by atoms with Crippen LogP contribution in [-0.2, 0) is 0 Å². The monoisotopic (exact) mass is 447 g/mol. The molecule has 0 fully saturated rings. The first kappa shape index (κ1) is 21.6. The van der Waals surface area contributed by atoms with Crippen LogP contribution in [0.25, 0.3) is 0 Å². The van der Waals surface area contributed by atoms with Gasteiger partial charge in [-0.15, -0.1) is 22.7 Å². The van der Waals surface area contributed by atoms with Gasteiger partial charge in [0.2, 0.25) is 0 Å². The smallest absolute Gasteiger partial charge is 0.183 e. The minimum Gasteiger partial charge on any atom is -0.497 e. The highest BCUT2D eigenvalue weighted by atomic mass is 35.5. The Labute approximate surface area is 183 Å². The van der Waals surface area contributed by atoms with Gasteiger partial charge in [-0.25, -0.2) is 0 Å². The van der Waals surface area contributed by atoms with Crippen molar-refractivity contribution in [2.45, 2.75) is 20.8 Å². The Kier molecular flexibility index (Phi) is 6.77. The van der Waals surface area contributed by atoms with E-state index in [2.05, 4.69) is 0 Å². The minimum atomic E-state index is -0.0625. The molecular formula is C22H22ClNO3S2. The van der Waals surface area contributed by atoms with Crippen LogP contribution in [0.4, 0.5) is 5.69 Å². The zero-order valence-corrected chi connectivity index (χ0v) is 19.1. The molecule has 3 aromatic rings. The first-order chi connectivity index (χ1) is 13.8. The van der Waals surface area contributed by atoms with E-state index in [0.717, 1.165) is 26.1 Å². The number of Topliss-reactive ketones (excluding diaryl/α,β-unsaturated/α-hetero) is 2. The third-order valence-corrected chi connectivity index (χ3v) is 6.78. The molecule has 152 valence electrons. The fourth-order valence-electron chi connectivity index (χ4n) is 3.18. The van der Waals surface area contributed by atoms with Crippen LogP contribution in [0, 0.1) is 20.8 Å². The van der Waals surface area contributed by atoms with Crippen molar-refractivity contribution in [3.05, 3.63) is 66.5 Å². The molecule has 0 aliphatic heterocycles. The summed E-state index contributed by atoms with van der Waals surface area (Å²) in [6, 6.07) is 11.0. The maximum absolute atomic E-state index is 13.0. The number of carbonyl (C=O) groups excluding carboxylic acids is 2. The lowest BCUT2D eigenvalue weighted by Gasteiger charge is -2.23. The molecule has 0 aliphatic carbocycles. The molecule has 4 nitrogen and oxygen atoms in total. The molecule has 0 aliphatic rings. The van der Waals surface area contributed by atoms with Crippen LogP contribution in [0.5, 0.6) is 5.75 Å². The lowest BCUT2D eigenvalue weighted by atomic mass is 10.1. The largest absolute Gasteiger partial charge is 0.497 e. The first-order valence-corrected chi connectivity index (χ1v) is 11.1. The molecule has 0 saturated carbocycles. The summed E-state index contributed by atoms with van der Waals surface area (Å²) >= 11 is 9.06. The Bertz CT molecular complexity index is 977. The van der Waals surface area contributed by atoms with E-state index in [1.54, 1.807) is 24.5 Å². The van der Waals surface area contributed by atoms with E-state index in [1.807, 2.05) is 56.0 Å². The molecule has 0 unspecified atom stereocenters. The maximum Gasteiger partial charge on any atom is 0.183 e. The molecule has 0 radical (unpaired) electrons. The first-order valence-electron chi connectivity index (χ1n) is 9.07.